The van der Waals surface area contributed by atoms with Crippen molar-refractivity contribution in [1.29, 1.82) is 0 Å². The van der Waals surface area contributed by atoms with Crippen LogP contribution in [0.4, 0.5) is 23.1 Å². The minimum absolute atomic E-state index is 0.432. The van der Waals surface area contributed by atoms with E-state index in [4.69, 9.17) is 11.6 Å². The molecule has 25 heavy (non-hydrogen) atoms. The van der Waals surface area contributed by atoms with Gasteiger partial charge in [0.05, 0.1) is 6.20 Å². The second kappa shape index (κ2) is 7.49. The van der Waals surface area contributed by atoms with Crippen molar-refractivity contribution in [3.05, 3.63) is 64.8 Å². The molecule has 0 unspecified atom stereocenters. The summed E-state index contributed by atoms with van der Waals surface area (Å²) < 4.78 is 0. The molecule has 6 heteroatoms. The maximum atomic E-state index is 6.06. The summed E-state index contributed by atoms with van der Waals surface area (Å²) >= 11 is 6.06. The predicted octanol–water partition coefficient (Wildman–Crippen LogP) is 5.44. The van der Waals surface area contributed by atoms with E-state index in [0.29, 0.717) is 22.7 Å². The zero-order valence-electron chi connectivity index (χ0n) is 14.4. The van der Waals surface area contributed by atoms with Crippen LogP contribution < -0.4 is 10.6 Å². The first kappa shape index (κ1) is 17.2. The highest BCUT2D eigenvalue weighted by Crippen LogP contribution is 2.24. The number of hydrogen-bond acceptors (Lipinski definition) is 5. The summed E-state index contributed by atoms with van der Waals surface area (Å²) in [6, 6.07) is 13.9. The summed E-state index contributed by atoms with van der Waals surface area (Å²) in [5.41, 5.74) is 4.17. The summed E-state index contributed by atoms with van der Waals surface area (Å²) in [4.78, 5) is 4.45. The van der Waals surface area contributed by atoms with E-state index in [1.54, 1.807) is 6.20 Å². The molecule has 0 saturated heterocycles. The van der Waals surface area contributed by atoms with Crippen molar-refractivity contribution < 1.29 is 0 Å². The van der Waals surface area contributed by atoms with Gasteiger partial charge in [0.25, 0.3) is 0 Å². The maximum absolute atomic E-state index is 6.06. The number of benzene rings is 2. The molecule has 0 fully saturated rings. The lowest BCUT2D eigenvalue weighted by Crippen LogP contribution is -2.03. The van der Waals surface area contributed by atoms with Crippen LogP contribution in [0.3, 0.4) is 0 Å². The van der Waals surface area contributed by atoms with Gasteiger partial charge in [-0.15, -0.1) is 5.10 Å². The SMILES string of the molecule is Cc1ccc(Cl)cc1Nc1cnnc(Nc2ccc(C(C)C)cc2)n1. The molecule has 5 nitrogen and oxygen atoms in total. The fraction of sp³-hybridized carbons (Fsp3) is 0.211. The van der Waals surface area contributed by atoms with Gasteiger partial charge < -0.3 is 10.6 Å². The van der Waals surface area contributed by atoms with E-state index >= 15 is 0 Å². The van der Waals surface area contributed by atoms with E-state index in [0.717, 1.165) is 16.9 Å². The Morgan fingerprint density at radius 3 is 2.48 bits per heavy atom. The van der Waals surface area contributed by atoms with Crippen molar-refractivity contribution in [1.82, 2.24) is 15.2 Å². The van der Waals surface area contributed by atoms with Crippen LogP contribution in [0.2, 0.25) is 5.02 Å². The lowest BCUT2D eigenvalue weighted by atomic mass is 10.0. The van der Waals surface area contributed by atoms with Crippen LogP contribution in [-0.4, -0.2) is 15.2 Å². The van der Waals surface area contributed by atoms with Gasteiger partial charge >= 0.3 is 0 Å². The van der Waals surface area contributed by atoms with E-state index < -0.39 is 0 Å². The second-order valence-corrected chi connectivity index (χ2v) is 6.59. The Labute approximate surface area is 152 Å². The highest BCUT2D eigenvalue weighted by molar-refractivity contribution is 6.30. The van der Waals surface area contributed by atoms with E-state index in [-0.39, 0.29) is 0 Å². The molecule has 0 aliphatic heterocycles. The second-order valence-electron chi connectivity index (χ2n) is 6.15. The van der Waals surface area contributed by atoms with Gasteiger partial charge in [0.2, 0.25) is 5.95 Å². The van der Waals surface area contributed by atoms with Gasteiger partial charge in [-0.25, -0.2) is 0 Å². The third-order valence-electron chi connectivity index (χ3n) is 3.85. The molecule has 1 heterocycles. The van der Waals surface area contributed by atoms with Gasteiger partial charge in [0.1, 0.15) is 0 Å². The molecule has 0 aliphatic carbocycles. The molecule has 0 saturated carbocycles. The third kappa shape index (κ3) is 4.45. The van der Waals surface area contributed by atoms with Crippen LogP contribution in [0.15, 0.2) is 48.7 Å². The average molecular weight is 354 g/mol. The number of aryl methyl sites for hydroxylation is 1. The largest absolute Gasteiger partial charge is 0.339 e. The highest BCUT2D eigenvalue weighted by atomic mass is 35.5. The smallest absolute Gasteiger partial charge is 0.249 e. The van der Waals surface area contributed by atoms with Gasteiger partial charge in [0, 0.05) is 16.4 Å². The van der Waals surface area contributed by atoms with Gasteiger partial charge in [-0.1, -0.05) is 43.6 Å². The summed E-state index contributed by atoms with van der Waals surface area (Å²) in [6.45, 7) is 6.34. The summed E-state index contributed by atoms with van der Waals surface area (Å²) in [6.07, 6.45) is 1.58. The Morgan fingerprint density at radius 2 is 1.76 bits per heavy atom. The van der Waals surface area contributed by atoms with Gasteiger partial charge in [0.15, 0.2) is 5.82 Å². The number of halogens is 1. The van der Waals surface area contributed by atoms with Gasteiger partial charge in [-0.2, -0.15) is 10.1 Å². The van der Waals surface area contributed by atoms with Crippen molar-refractivity contribution >= 4 is 34.7 Å². The molecule has 1 aromatic heterocycles. The molecular weight excluding hydrogens is 334 g/mol. The van der Waals surface area contributed by atoms with E-state index in [2.05, 4.69) is 51.8 Å². The summed E-state index contributed by atoms with van der Waals surface area (Å²) in [5.74, 6) is 1.53. The first-order chi connectivity index (χ1) is 12.0. The Morgan fingerprint density at radius 1 is 1.00 bits per heavy atom. The van der Waals surface area contributed by atoms with Gasteiger partial charge in [-0.3, -0.25) is 0 Å². The minimum Gasteiger partial charge on any atom is -0.339 e. The van der Waals surface area contributed by atoms with Crippen molar-refractivity contribution in [3.8, 4) is 0 Å². The first-order valence-electron chi connectivity index (χ1n) is 8.11. The number of anilines is 4. The maximum Gasteiger partial charge on any atom is 0.249 e. The van der Waals surface area contributed by atoms with E-state index in [1.807, 2.05) is 37.3 Å². The topological polar surface area (TPSA) is 62.7 Å². The molecule has 3 aromatic rings. The average Bonchev–Trinajstić information content (AvgIpc) is 2.59. The quantitative estimate of drug-likeness (QED) is 0.639. The molecule has 0 bridgehead atoms. The van der Waals surface area contributed by atoms with Crippen LogP contribution in [0, 0.1) is 6.92 Å². The Hall–Kier alpha value is -2.66. The Bertz CT molecular complexity index is 862. The van der Waals surface area contributed by atoms with E-state index in [1.165, 1.54) is 5.56 Å². The minimum atomic E-state index is 0.432. The predicted molar refractivity (Wildman–Crippen MR) is 103 cm³/mol. The van der Waals surface area contributed by atoms with Gasteiger partial charge in [-0.05, 0) is 48.2 Å². The molecule has 2 aromatic carbocycles. The zero-order valence-corrected chi connectivity index (χ0v) is 15.2. The number of nitrogens with one attached hydrogen (secondary N) is 2. The fourth-order valence-electron chi connectivity index (χ4n) is 2.36. The van der Waals surface area contributed by atoms with Crippen molar-refractivity contribution in [2.45, 2.75) is 26.7 Å². The summed E-state index contributed by atoms with van der Waals surface area (Å²) in [5, 5.41) is 15.1. The van der Waals surface area contributed by atoms with Crippen LogP contribution >= 0.6 is 11.6 Å². The van der Waals surface area contributed by atoms with Crippen molar-refractivity contribution in [3.63, 3.8) is 0 Å². The van der Waals surface area contributed by atoms with E-state index in [9.17, 15) is 0 Å². The molecule has 0 amide bonds. The number of nitrogens with zero attached hydrogens (tertiary/aromatic N) is 3. The monoisotopic (exact) mass is 353 g/mol. The molecule has 0 spiro atoms. The lowest BCUT2D eigenvalue weighted by Gasteiger charge is -2.11. The summed E-state index contributed by atoms with van der Waals surface area (Å²) in [7, 11) is 0. The highest BCUT2D eigenvalue weighted by Gasteiger charge is 2.05. The Kier molecular flexibility index (Phi) is 5.14. The first-order valence-corrected chi connectivity index (χ1v) is 8.49. The molecule has 0 radical (unpaired) electrons. The van der Waals surface area contributed by atoms with Crippen molar-refractivity contribution in [2.24, 2.45) is 0 Å². The molecule has 128 valence electrons. The van der Waals surface area contributed by atoms with Crippen LogP contribution in [0.5, 0.6) is 0 Å². The van der Waals surface area contributed by atoms with Crippen LogP contribution in [0.25, 0.3) is 0 Å². The third-order valence-corrected chi connectivity index (χ3v) is 4.09. The molecular formula is C19H20ClN5. The standard InChI is InChI=1S/C19H20ClN5/c1-12(2)14-5-8-16(9-6-14)22-19-24-18(11-21-25-19)23-17-10-15(20)7-4-13(17)3/h4-12H,1-3H3,(H2,22,23,24,25). The number of rotatable bonds is 5. The Balaban J connectivity index is 1.76. The van der Waals surface area contributed by atoms with Crippen molar-refractivity contribution in [2.75, 3.05) is 10.6 Å². The van der Waals surface area contributed by atoms with Crippen LogP contribution in [-0.2, 0) is 0 Å². The number of hydrogen-bond donors (Lipinski definition) is 2. The fourth-order valence-corrected chi connectivity index (χ4v) is 2.54. The molecule has 0 aliphatic rings. The normalized spacial score (nSPS) is 10.8. The molecule has 0 atom stereocenters. The lowest BCUT2D eigenvalue weighted by molar-refractivity contribution is 0.867. The zero-order chi connectivity index (χ0) is 17.8. The van der Waals surface area contributed by atoms with Crippen LogP contribution in [0.1, 0.15) is 30.9 Å². The molecule has 2 N–H and O–H groups in total. The molecule has 3 rings (SSSR count). The number of aromatic nitrogens is 3.